The van der Waals surface area contributed by atoms with Gasteiger partial charge in [0.05, 0.1) is 12.1 Å². The zero-order valence-electron chi connectivity index (χ0n) is 9.25. The van der Waals surface area contributed by atoms with E-state index in [-0.39, 0.29) is 0 Å². The summed E-state index contributed by atoms with van der Waals surface area (Å²) in [7, 11) is 0. The first-order chi connectivity index (χ1) is 8.18. The molecule has 0 aromatic heterocycles. The predicted molar refractivity (Wildman–Crippen MR) is 72.5 cm³/mol. The molecule has 2 aromatic carbocycles. The van der Waals surface area contributed by atoms with Gasteiger partial charge in [0.25, 0.3) is 0 Å². The van der Waals surface area contributed by atoms with Crippen LogP contribution in [0.1, 0.15) is 23.3 Å². The number of hydrogen-bond donors (Lipinski definition) is 2. The molecule has 0 bridgehead atoms. The molecular weight excluding hydrogens is 278 g/mol. The Hall–Kier alpha value is -1.16. The average molecular weight is 292 g/mol. The van der Waals surface area contributed by atoms with Gasteiger partial charge in [-0.2, -0.15) is 0 Å². The summed E-state index contributed by atoms with van der Waals surface area (Å²) in [5.74, 6) is 0. The summed E-state index contributed by atoms with van der Waals surface area (Å²) in [6, 6.07) is 16.8. The highest BCUT2D eigenvalue weighted by Gasteiger charge is 2.18. The van der Waals surface area contributed by atoms with Gasteiger partial charge in [0.1, 0.15) is 0 Å². The van der Waals surface area contributed by atoms with Crippen molar-refractivity contribution in [2.45, 2.75) is 12.1 Å². The van der Waals surface area contributed by atoms with E-state index in [0.29, 0.717) is 0 Å². The fourth-order valence-corrected chi connectivity index (χ4v) is 1.99. The number of rotatable bonds is 3. The molecule has 0 aliphatic carbocycles. The summed E-state index contributed by atoms with van der Waals surface area (Å²) in [5, 5.41) is 10.2. The van der Waals surface area contributed by atoms with Crippen molar-refractivity contribution in [1.82, 2.24) is 0 Å². The van der Waals surface area contributed by atoms with Crippen molar-refractivity contribution in [2.24, 2.45) is 5.73 Å². The molecule has 3 heteroatoms. The highest BCUT2D eigenvalue weighted by Crippen LogP contribution is 2.27. The maximum absolute atomic E-state index is 10.2. The number of hydrogen-bond acceptors (Lipinski definition) is 2. The molecule has 0 heterocycles. The van der Waals surface area contributed by atoms with Crippen LogP contribution in [0.3, 0.4) is 0 Å². The largest absolute Gasteiger partial charge is 0.386 e. The van der Waals surface area contributed by atoms with Gasteiger partial charge in [0, 0.05) is 4.47 Å². The van der Waals surface area contributed by atoms with Gasteiger partial charge in [-0.1, -0.05) is 58.4 Å². The van der Waals surface area contributed by atoms with Crippen LogP contribution in [0, 0.1) is 0 Å². The number of benzene rings is 2. The Morgan fingerprint density at radius 1 is 0.882 bits per heavy atom. The Bertz CT molecular complexity index is 469. The molecule has 0 saturated carbocycles. The van der Waals surface area contributed by atoms with Crippen LogP contribution in [0.2, 0.25) is 0 Å². The first-order valence-electron chi connectivity index (χ1n) is 5.42. The van der Waals surface area contributed by atoms with Crippen LogP contribution in [-0.2, 0) is 0 Å². The standard InChI is InChI=1S/C14H14BrNO/c15-12-8-6-11(7-9-12)14(17)13(16)10-4-2-1-3-5-10/h1-9,13-14,17H,16H2. The van der Waals surface area contributed by atoms with Gasteiger partial charge < -0.3 is 10.8 Å². The molecule has 0 amide bonds. The van der Waals surface area contributed by atoms with E-state index in [1.807, 2.05) is 54.6 Å². The van der Waals surface area contributed by atoms with Gasteiger partial charge in [-0.15, -0.1) is 0 Å². The van der Waals surface area contributed by atoms with Crippen molar-refractivity contribution in [3.05, 3.63) is 70.2 Å². The highest BCUT2D eigenvalue weighted by molar-refractivity contribution is 9.10. The van der Waals surface area contributed by atoms with E-state index in [1.165, 1.54) is 0 Å². The summed E-state index contributed by atoms with van der Waals surface area (Å²) < 4.78 is 0.988. The second-order valence-corrected chi connectivity index (χ2v) is 4.85. The molecule has 0 saturated heterocycles. The molecule has 2 atom stereocenters. The molecule has 3 N–H and O–H groups in total. The van der Waals surface area contributed by atoms with Crippen LogP contribution in [0.5, 0.6) is 0 Å². The van der Waals surface area contributed by atoms with Crippen LogP contribution in [0.4, 0.5) is 0 Å². The SMILES string of the molecule is NC(c1ccccc1)C(O)c1ccc(Br)cc1. The van der Waals surface area contributed by atoms with Gasteiger partial charge >= 0.3 is 0 Å². The van der Waals surface area contributed by atoms with Gasteiger partial charge in [-0.3, -0.25) is 0 Å². The van der Waals surface area contributed by atoms with Crippen molar-refractivity contribution in [3.63, 3.8) is 0 Å². The topological polar surface area (TPSA) is 46.2 Å². The maximum Gasteiger partial charge on any atom is 0.0982 e. The van der Waals surface area contributed by atoms with Gasteiger partial charge in [0.2, 0.25) is 0 Å². The second kappa shape index (κ2) is 5.45. The lowest BCUT2D eigenvalue weighted by molar-refractivity contribution is 0.147. The number of aliphatic hydroxyl groups is 1. The lowest BCUT2D eigenvalue weighted by atomic mass is 9.97. The predicted octanol–water partition coefficient (Wildman–Crippen LogP) is 3.18. The number of nitrogens with two attached hydrogens (primary N) is 1. The smallest absolute Gasteiger partial charge is 0.0982 e. The first kappa shape index (κ1) is 12.3. The van der Waals surface area contributed by atoms with Crippen LogP contribution >= 0.6 is 15.9 Å². The van der Waals surface area contributed by atoms with E-state index in [4.69, 9.17) is 5.73 Å². The minimum absolute atomic E-state index is 0.405. The minimum Gasteiger partial charge on any atom is -0.386 e. The molecule has 0 spiro atoms. The van der Waals surface area contributed by atoms with Crippen LogP contribution < -0.4 is 5.73 Å². The van der Waals surface area contributed by atoms with E-state index < -0.39 is 12.1 Å². The Labute approximate surface area is 109 Å². The zero-order chi connectivity index (χ0) is 12.3. The maximum atomic E-state index is 10.2. The Kier molecular flexibility index (Phi) is 3.94. The van der Waals surface area contributed by atoms with Crippen molar-refractivity contribution >= 4 is 15.9 Å². The third-order valence-electron chi connectivity index (χ3n) is 2.74. The molecule has 2 unspecified atom stereocenters. The Balaban J connectivity index is 2.20. The molecule has 2 nitrogen and oxygen atoms in total. The molecule has 0 radical (unpaired) electrons. The van der Waals surface area contributed by atoms with E-state index in [1.54, 1.807) is 0 Å². The normalized spacial score (nSPS) is 14.3. The van der Waals surface area contributed by atoms with Gasteiger partial charge in [0.15, 0.2) is 0 Å². The highest BCUT2D eigenvalue weighted by atomic mass is 79.9. The summed E-state index contributed by atoms with van der Waals surface area (Å²) in [4.78, 5) is 0. The van der Waals surface area contributed by atoms with E-state index >= 15 is 0 Å². The Morgan fingerprint density at radius 2 is 1.47 bits per heavy atom. The summed E-state index contributed by atoms with van der Waals surface area (Å²) in [5.41, 5.74) is 7.80. The average Bonchev–Trinajstić information content (AvgIpc) is 2.39. The Morgan fingerprint density at radius 3 is 2.06 bits per heavy atom. The van der Waals surface area contributed by atoms with E-state index in [2.05, 4.69) is 15.9 Å². The lowest BCUT2D eigenvalue weighted by Gasteiger charge is -2.19. The molecular formula is C14H14BrNO. The molecule has 0 fully saturated rings. The summed E-state index contributed by atoms with van der Waals surface area (Å²) in [6.07, 6.45) is -0.689. The quantitative estimate of drug-likeness (QED) is 0.912. The zero-order valence-corrected chi connectivity index (χ0v) is 10.8. The summed E-state index contributed by atoms with van der Waals surface area (Å²) >= 11 is 3.36. The van der Waals surface area contributed by atoms with Gasteiger partial charge in [-0.25, -0.2) is 0 Å². The van der Waals surface area contributed by atoms with Crippen molar-refractivity contribution in [3.8, 4) is 0 Å². The summed E-state index contributed by atoms with van der Waals surface area (Å²) in [6.45, 7) is 0. The third-order valence-corrected chi connectivity index (χ3v) is 3.26. The molecule has 0 aliphatic heterocycles. The lowest BCUT2D eigenvalue weighted by Crippen LogP contribution is -2.19. The van der Waals surface area contributed by atoms with Crippen LogP contribution in [0.15, 0.2) is 59.1 Å². The molecule has 88 valence electrons. The van der Waals surface area contributed by atoms with Gasteiger partial charge in [-0.05, 0) is 23.3 Å². The molecule has 2 rings (SSSR count). The fraction of sp³-hybridized carbons (Fsp3) is 0.143. The molecule has 17 heavy (non-hydrogen) atoms. The first-order valence-corrected chi connectivity index (χ1v) is 6.22. The van der Waals surface area contributed by atoms with Crippen LogP contribution in [0.25, 0.3) is 0 Å². The van der Waals surface area contributed by atoms with E-state index in [9.17, 15) is 5.11 Å². The fourth-order valence-electron chi connectivity index (χ4n) is 1.72. The van der Waals surface area contributed by atoms with Crippen molar-refractivity contribution in [2.75, 3.05) is 0 Å². The van der Waals surface area contributed by atoms with Crippen LogP contribution in [-0.4, -0.2) is 5.11 Å². The number of halogens is 1. The van der Waals surface area contributed by atoms with E-state index in [0.717, 1.165) is 15.6 Å². The monoisotopic (exact) mass is 291 g/mol. The third kappa shape index (κ3) is 2.94. The second-order valence-electron chi connectivity index (χ2n) is 3.93. The molecule has 0 aliphatic rings. The van der Waals surface area contributed by atoms with Crippen molar-refractivity contribution in [1.29, 1.82) is 0 Å². The van der Waals surface area contributed by atoms with Crippen molar-refractivity contribution < 1.29 is 5.11 Å². The molecule has 2 aromatic rings. The number of aliphatic hydroxyl groups excluding tert-OH is 1. The minimum atomic E-state index is -0.689.